The lowest BCUT2D eigenvalue weighted by molar-refractivity contribution is -0.146. The van der Waals surface area contributed by atoms with Crippen LogP contribution in [0.15, 0.2) is 29.2 Å². The average molecular weight is 580 g/mol. The summed E-state index contributed by atoms with van der Waals surface area (Å²) in [6, 6.07) is 6.19. The lowest BCUT2D eigenvalue weighted by Gasteiger charge is -2.34. The summed E-state index contributed by atoms with van der Waals surface area (Å²) in [5.74, 6) is -2.21. The molecule has 222 valence electrons. The average Bonchev–Trinajstić information content (AvgIpc) is 2.90. The minimum atomic E-state index is -4.10. The van der Waals surface area contributed by atoms with Crippen molar-refractivity contribution in [2.24, 2.45) is 0 Å². The van der Waals surface area contributed by atoms with Crippen LogP contribution in [0.25, 0.3) is 0 Å². The Balaban J connectivity index is 3.02. The molecule has 0 aliphatic rings. The van der Waals surface area contributed by atoms with Gasteiger partial charge in [0, 0.05) is 0 Å². The number of hydrogen-bond donors (Lipinski definition) is 2. The number of ether oxygens (including phenoxy) is 7. The zero-order valence-corrected chi connectivity index (χ0v) is 23.2. The zero-order valence-electron chi connectivity index (χ0n) is 22.3. The van der Waals surface area contributed by atoms with Gasteiger partial charge >= 0.3 is 17.9 Å². The van der Waals surface area contributed by atoms with Crippen LogP contribution in [0.5, 0.6) is 0 Å². The Kier molecular flexibility index (Phi) is 16.4. The van der Waals surface area contributed by atoms with Crippen molar-refractivity contribution < 1.29 is 61.1 Å². The lowest BCUT2D eigenvalue weighted by atomic mass is 10.1. The van der Waals surface area contributed by atoms with Gasteiger partial charge in [-0.3, -0.25) is 4.79 Å². The van der Waals surface area contributed by atoms with E-state index in [4.69, 9.17) is 28.8 Å². The van der Waals surface area contributed by atoms with Crippen LogP contribution in [0.4, 0.5) is 0 Å². The molecule has 0 saturated carbocycles. The predicted octanol–water partition coefficient (Wildman–Crippen LogP) is -0.0842. The fourth-order valence-corrected chi connectivity index (χ4v) is 4.30. The van der Waals surface area contributed by atoms with Crippen molar-refractivity contribution in [1.82, 2.24) is 4.72 Å². The molecule has 0 aromatic heterocycles. The van der Waals surface area contributed by atoms with E-state index < -0.39 is 40.1 Å². The number of nitrogens with one attached hydrogen (secondary N) is 1. The number of esters is 2. The van der Waals surface area contributed by atoms with Crippen LogP contribution in [0.3, 0.4) is 0 Å². The number of hydrogen-bond acceptors (Lipinski definition) is 12. The van der Waals surface area contributed by atoms with Gasteiger partial charge in [0.2, 0.25) is 10.0 Å². The third-order valence-corrected chi connectivity index (χ3v) is 6.51. The maximum absolute atomic E-state index is 13.3. The van der Waals surface area contributed by atoms with Gasteiger partial charge in [-0.25, -0.2) is 18.0 Å². The number of sulfonamides is 1. The van der Waals surface area contributed by atoms with E-state index >= 15 is 0 Å². The molecule has 0 aliphatic carbocycles. The van der Waals surface area contributed by atoms with Gasteiger partial charge in [-0.1, -0.05) is 17.7 Å². The molecule has 0 radical (unpaired) electrons. The monoisotopic (exact) mass is 579 g/mol. The minimum absolute atomic E-state index is 0.00163. The summed E-state index contributed by atoms with van der Waals surface area (Å²) < 4.78 is 65.2. The minimum Gasteiger partial charge on any atom is -0.480 e. The number of methoxy groups -OCH3 is 2. The van der Waals surface area contributed by atoms with E-state index in [0.29, 0.717) is 0 Å². The summed E-state index contributed by atoms with van der Waals surface area (Å²) in [5.41, 5.74) is -0.610. The van der Waals surface area contributed by atoms with Crippen molar-refractivity contribution >= 4 is 27.9 Å². The largest absolute Gasteiger partial charge is 0.480 e. The van der Waals surface area contributed by atoms with E-state index in [2.05, 4.69) is 14.2 Å². The summed E-state index contributed by atoms with van der Waals surface area (Å²) in [5, 5.41) is 8.69. The molecule has 1 aromatic rings. The number of benzene rings is 1. The molecule has 0 spiro atoms. The lowest BCUT2D eigenvalue weighted by Crippen LogP contribution is -2.58. The first-order valence-corrected chi connectivity index (χ1v) is 13.4. The van der Waals surface area contributed by atoms with Crippen LogP contribution in [0.1, 0.15) is 12.0 Å². The summed E-state index contributed by atoms with van der Waals surface area (Å²) in [6.07, 6.45) is -0.0661. The smallest absolute Gasteiger partial charge is 0.331 e. The van der Waals surface area contributed by atoms with Crippen LogP contribution in [-0.2, 0) is 57.6 Å². The molecule has 0 fully saturated rings. The maximum atomic E-state index is 13.3. The van der Waals surface area contributed by atoms with Crippen molar-refractivity contribution in [2.45, 2.75) is 23.8 Å². The first-order chi connectivity index (χ1) is 18.5. The Hall–Kier alpha value is -2.66. The second-order valence-corrected chi connectivity index (χ2v) is 9.94. The molecule has 15 heteroatoms. The number of aryl methyl sites for hydroxylation is 1. The first-order valence-electron chi connectivity index (χ1n) is 11.9. The first kappa shape index (κ1) is 34.4. The Morgan fingerprint density at radius 2 is 1.26 bits per heavy atom. The Labute approximate surface area is 227 Å². The second-order valence-electron chi connectivity index (χ2n) is 8.26. The number of carboxylic acids is 1. The van der Waals surface area contributed by atoms with E-state index in [-0.39, 0.29) is 70.8 Å². The molecule has 39 heavy (non-hydrogen) atoms. The van der Waals surface area contributed by atoms with Crippen LogP contribution in [-0.4, -0.2) is 117 Å². The fraction of sp³-hybridized carbons (Fsp3) is 0.625. The topological polar surface area (TPSA) is 182 Å². The molecule has 0 heterocycles. The number of carboxylic acid groups (broad SMARTS) is 1. The second kappa shape index (κ2) is 18.6. The fourth-order valence-electron chi connectivity index (χ4n) is 2.94. The van der Waals surface area contributed by atoms with E-state index in [1.807, 2.05) is 6.92 Å². The van der Waals surface area contributed by atoms with Crippen LogP contribution in [0, 0.1) is 6.92 Å². The van der Waals surface area contributed by atoms with Gasteiger partial charge in [-0.15, -0.1) is 0 Å². The molecule has 2 N–H and O–H groups in total. The summed E-state index contributed by atoms with van der Waals surface area (Å²) >= 11 is 0. The van der Waals surface area contributed by atoms with Gasteiger partial charge in [0.15, 0.2) is 0 Å². The molecule has 0 saturated heterocycles. The van der Waals surface area contributed by atoms with Crippen molar-refractivity contribution in [3.63, 3.8) is 0 Å². The molecule has 0 bridgehead atoms. The van der Waals surface area contributed by atoms with Gasteiger partial charge in [-0.05, 0) is 19.1 Å². The molecule has 0 aliphatic heterocycles. The third-order valence-electron chi connectivity index (χ3n) is 4.91. The third kappa shape index (κ3) is 14.9. The van der Waals surface area contributed by atoms with Crippen molar-refractivity contribution in [1.29, 1.82) is 0 Å². The number of carbonyl (C=O) groups is 3. The van der Waals surface area contributed by atoms with E-state index in [1.165, 1.54) is 26.4 Å². The van der Waals surface area contributed by atoms with E-state index in [1.54, 1.807) is 12.1 Å². The van der Waals surface area contributed by atoms with Gasteiger partial charge < -0.3 is 38.3 Å². The molecule has 1 aromatic carbocycles. The zero-order chi connectivity index (χ0) is 29.2. The summed E-state index contributed by atoms with van der Waals surface area (Å²) in [6.45, 7) is 0.116. The quantitative estimate of drug-likeness (QED) is 0.137. The standard InChI is InChI=1S/C24H37NO13S/c1-19-4-6-20(7-5-19)39(30,31)25-24(16-36-9-8-22(28)32-2,17-37-12-10-34-14-21(26)27)18-38-13-11-35-15-23(29)33-3/h4-7,25H,8-18H2,1-3H3,(H,26,27). The molecule has 0 amide bonds. The normalized spacial score (nSPS) is 13.0. The highest BCUT2D eigenvalue weighted by Crippen LogP contribution is 2.17. The molecule has 14 nitrogen and oxygen atoms in total. The molecule has 1 unspecified atom stereocenters. The van der Waals surface area contributed by atoms with Crippen molar-refractivity contribution in [3.8, 4) is 0 Å². The number of rotatable bonds is 22. The van der Waals surface area contributed by atoms with Crippen LogP contribution >= 0.6 is 0 Å². The number of carbonyl (C=O) groups excluding carboxylic acids is 2. The van der Waals surface area contributed by atoms with Crippen LogP contribution < -0.4 is 4.72 Å². The molecule has 1 rings (SSSR count). The summed E-state index contributed by atoms with van der Waals surface area (Å²) in [7, 11) is -1.64. The highest BCUT2D eigenvalue weighted by Gasteiger charge is 2.37. The highest BCUT2D eigenvalue weighted by molar-refractivity contribution is 7.89. The van der Waals surface area contributed by atoms with Gasteiger partial charge in [0.05, 0.1) is 78.4 Å². The maximum Gasteiger partial charge on any atom is 0.331 e. The molecule has 1 atom stereocenters. The number of aliphatic carboxylic acids is 1. The Morgan fingerprint density at radius 3 is 1.77 bits per heavy atom. The van der Waals surface area contributed by atoms with Gasteiger partial charge in [0.1, 0.15) is 18.8 Å². The van der Waals surface area contributed by atoms with E-state index in [0.717, 1.165) is 5.56 Å². The van der Waals surface area contributed by atoms with E-state index in [9.17, 15) is 22.8 Å². The summed E-state index contributed by atoms with van der Waals surface area (Å²) in [4.78, 5) is 33.3. The Morgan fingerprint density at radius 1 is 0.769 bits per heavy atom. The van der Waals surface area contributed by atoms with Crippen LogP contribution in [0.2, 0.25) is 0 Å². The van der Waals surface area contributed by atoms with Gasteiger partial charge in [-0.2, -0.15) is 4.72 Å². The van der Waals surface area contributed by atoms with Gasteiger partial charge in [0.25, 0.3) is 0 Å². The van der Waals surface area contributed by atoms with Crippen molar-refractivity contribution in [2.75, 3.05) is 80.3 Å². The SMILES string of the molecule is COC(=O)CCOCC(COCCOCC(=O)O)(COCCOCC(=O)OC)NS(=O)(=O)c1ccc(C)cc1. The Bertz CT molecular complexity index is 984. The molecular weight excluding hydrogens is 542 g/mol. The predicted molar refractivity (Wildman–Crippen MR) is 135 cm³/mol. The molecular formula is C24H37NO13S. The van der Waals surface area contributed by atoms with Crippen molar-refractivity contribution in [3.05, 3.63) is 29.8 Å². The highest BCUT2D eigenvalue weighted by atomic mass is 32.2.